The highest BCUT2D eigenvalue weighted by Gasteiger charge is 2.27. The molecule has 0 bridgehead atoms. The summed E-state index contributed by atoms with van der Waals surface area (Å²) in [7, 11) is 1.78. The first-order valence-electron chi connectivity index (χ1n) is 8.55. The Morgan fingerprint density at radius 3 is 2.46 bits per heavy atom. The molecule has 0 saturated heterocycles. The molecule has 0 spiro atoms. The molecule has 6 heteroatoms. The van der Waals surface area contributed by atoms with Crippen molar-refractivity contribution in [1.29, 1.82) is 0 Å². The van der Waals surface area contributed by atoms with E-state index in [1.54, 1.807) is 25.5 Å². The van der Waals surface area contributed by atoms with Crippen LogP contribution in [0.15, 0.2) is 0 Å². The fraction of sp³-hybridized carbons (Fsp3) is 0.667. The van der Waals surface area contributed by atoms with Crippen molar-refractivity contribution in [3.8, 4) is 0 Å². The van der Waals surface area contributed by atoms with Gasteiger partial charge in [-0.3, -0.25) is 4.79 Å². The molecule has 0 aliphatic heterocycles. The van der Waals surface area contributed by atoms with Crippen LogP contribution in [0.1, 0.15) is 59.3 Å². The van der Waals surface area contributed by atoms with E-state index in [0.717, 1.165) is 12.1 Å². The van der Waals surface area contributed by atoms with Gasteiger partial charge in [0.2, 0.25) is 0 Å². The molecule has 0 saturated carbocycles. The lowest BCUT2D eigenvalue weighted by Crippen LogP contribution is -2.35. The van der Waals surface area contributed by atoms with E-state index in [2.05, 4.69) is 5.32 Å². The number of esters is 1. The molecule has 1 heterocycles. The van der Waals surface area contributed by atoms with Crippen LogP contribution in [0.25, 0.3) is 0 Å². The van der Waals surface area contributed by atoms with Gasteiger partial charge in [-0.1, -0.05) is 0 Å². The lowest BCUT2D eigenvalue weighted by atomic mass is 10.0. The van der Waals surface area contributed by atoms with Gasteiger partial charge in [0.15, 0.2) is 5.78 Å². The highest BCUT2D eigenvalue weighted by atomic mass is 16.5. The minimum absolute atomic E-state index is 0.00689. The Kier molecular flexibility index (Phi) is 8.15. The summed E-state index contributed by atoms with van der Waals surface area (Å²) in [4.78, 5) is 24.9. The zero-order chi connectivity index (χ0) is 18.3. The molecular formula is C18H30N2O4. The number of nitrogens with zero attached hydrogens (tertiary/aromatic N) is 1. The second-order valence-corrected chi connectivity index (χ2v) is 5.80. The average molecular weight is 338 g/mol. The third-order valence-corrected chi connectivity index (χ3v) is 4.16. The smallest absolute Gasteiger partial charge is 0.355 e. The van der Waals surface area contributed by atoms with E-state index >= 15 is 0 Å². The summed E-state index contributed by atoms with van der Waals surface area (Å²) in [5.41, 5.74) is 2.51. The SMILES string of the molecule is CCOCCCNC(C)C(=O)c1c(C)c(C(=O)OCC)n(C)c1C. The minimum Gasteiger partial charge on any atom is -0.461 e. The third kappa shape index (κ3) is 4.68. The second-order valence-electron chi connectivity index (χ2n) is 5.80. The van der Waals surface area contributed by atoms with Gasteiger partial charge in [-0.05, 0) is 53.1 Å². The Hall–Kier alpha value is -1.66. The summed E-state index contributed by atoms with van der Waals surface area (Å²) in [6.45, 7) is 11.6. The number of rotatable bonds is 10. The standard InChI is InChI=1S/C18H30N2O4/c1-7-23-11-9-10-19-13(4)17(21)15-12(3)16(18(22)24-8-2)20(6)14(15)5/h13,19H,7-11H2,1-6H3. The van der Waals surface area contributed by atoms with Crippen molar-refractivity contribution >= 4 is 11.8 Å². The van der Waals surface area contributed by atoms with Crippen LogP contribution in [0, 0.1) is 13.8 Å². The molecule has 1 N–H and O–H groups in total. The van der Waals surface area contributed by atoms with Gasteiger partial charge in [-0.25, -0.2) is 4.79 Å². The van der Waals surface area contributed by atoms with Crippen molar-refractivity contribution in [2.75, 3.05) is 26.4 Å². The Bertz CT molecular complexity index is 578. The number of ketones is 1. The van der Waals surface area contributed by atoms with Crippen LogP contribution in [0.5, 0.6) is 0 Å². The molecule has 0 aliphatic rings. The van der Waals surface area contributed by atoms with Crippen molar-refractivity contribution in [2.45, 2.75) is 47.1 Å². The molecule has 0 amide bonds. The van der Waals surface area contributed by atoms with Crippen LogP contribution in [0.4, 0.5) is 0 Å². The number of ether oxygens (including phenoxy) is 2. The Balaban J connectivity index is 2.87. The maximum atomic E-state index is 12.8. The van der Waals surface area contributed by atoms with Gasteiger partial charge >= 0.3 is 5.97 Å². The first kappa shape index (κ1) is 20.4. The second kappa shape index (κ2) is 9.59. The molecule has 0 radical (unpaired) electrons. The summed E-state index contributed by atoms with van der Waals surface area (Å²) < 4.78 is 12.1. The van der Waals surface area contributed by atoms with E-state index in [9.17, 15) is 9.59 Å². The lowest BCUT2D eigenvalue weighted by molar-refractivity contribution is 0.0514. The molecule has 1 aromatic heterocycles. The molecule has 136 valence electrons. The van der Waals surface area contributed by atoms with E-state index in [1.807, 2.05) is 20.8 Å². The third-order valence-electron chi connectivity index (χ3n) is 4.16. The minimum atomic E-state index is -0.392. The maximum Gasteiger partial charge on any atom is 0.355 e. The van der Waals surface area contributed by atoms with E-state index in [1.165, 1.54) is 0 Å². The molecule has 24 heavy (non-hydrogen) atoms. The molecule has 1 atom stereocenters. The monoisotopic (exact) mass is 338 g/mol. The van der Waals surface area contributed by atoms with Gasteiger partial charge in [0.1, 0.15) is 5.69 Å². The van der Waals surface area contributed by atoms with Crippen LogP contribution >= 0.6 is 0 Å². The Morgan fingerprint density at radius 2 is 1.88 bits per heavy atom. The Morgan fingerprint density at radius 1 is 1.21 bits per heavy atom. The number of hydrogen-bond acceptors (Lipinski definition) is 5. The normalized spacial score (nSPS) is 12.2. The van der Waals surface area contributed by atoms with Gasteiger partial charge in [0.05, 0.1) is 12.6 Å². The summed E-state index contributed by atoms with van der Waals surface area (Å²) in [6, 6.07) is -0.318. The van der Waals surface area contributed by atoms with Gasteiger partial charge < -0.3 is 19.4 Å². The highest BCUT2D eigenvalue weighted by molar-refractivity contribution is 6.05. The van der Waals surface area contributed by atoms with Crippen molar-refractivity contribution in [3.05, 3.63) is 22.5 Å². The summed E-state index contributed by atoms with van der Waals surface area (Å²) >= 11 is 0. The average Bonchev–Trinajstić information content (AvgIpc) is 2.76. The van der Waals surface area contributed by atoms with Crippen molar-refractivity contribution < 1.29 is 19.1 Å². The molecular weight excluding hydrogens is 308 g/mol. The largest absolute Gasteiger partial charge is 0.461 e. The molecule has 0 aromatic carbocycles. The van der Waals surface area contributed by atoms with Crippen molar-refractivity contribution in [2.24, 2.45) is 7.05 Å². The predicted octanol–water partition coefficient (Wildman–Crippen LogP) is 2.41. The van der Waals surface area contributed by atoms with E-state index in [0.29, 0.717) is 43.2 Å². The van der Waals surface area contributed by atoms with Crippen LogP contribution in [0.3, 0.4) is 0 Å². The number of carbonyl (C=O) groups is 2. The number of hydrogen-bond donors (Lipinski definition) is 1. The van der Waals surface area contributed by atoms with Gasteiger partial charge in [0, 0.05) is 31.5 Å². The Labute approximate surface area is 144 Å². The van der Waals surface area contributed by atoms with E-state index in [-0.39, 0.29) is 11.8 Å². The number of carbonyl (C=O) groups excluding carboxylic acids is 2. The molecule has 6 nitrogen and oxygen atoms in total. The molecule has 1 rings (SSSR count). The summed E-state index contributed by atoms with van der Waals surface area (Å²) in [5, 5.41) is 3.22. The number of aromatic nitrogens is 1. The fourth-order valence-electron chi connectivity index (χ4n) is 2.78. The molecule has 1 unspecified atom stereocenters. The number of Topliss-reactive ketones (excluding diaryl/α,β-unsaturated/α-hetero) is 1. The quantitative estimate of drug-likeness (QED) is 0.403. The van der Waals surface area contributed by atoms with Gasteiger partial charge in [-0.15, -0.1) is 0 Å². The summed E-state index contributed by atoms with van der Waals surface area (Å²) in [6.07, 6.45) is 0.853. The molecule has 0 aliphatic carbocycles. The lowest BCUT2D eigenvalue weighted by Gasteiger charge is -2.13. The zero-order valence-electron chi connectivity index (χ0n) is 15.7. The molecule has 0 fully saturated rings. The van der Waals surface area contributed by atoms with E-state index < -0.39 is 5.97 Å². The topological polar surface area (TPSA) is 69.6 Å². The zero-order valence-corrected chi connectivity index (χ0v) is 15.7. The van der Waals surface area contributed by atoms with Crippen molar-refractivity contribution in [1.82, 2.24) is 9.88 Å². The first-order valence-corrected chi connectivity index (χ1v) is 8.55. The molecule has 1 aromatic rings. The van der Waals surface area contributed by atoms with Crippen LogP contribution < -0.4 is 5.32 Å². The summed E-state index contributed by atoms with van der Waals surface area (Å²) in [5.74, 6) is -0.399. The number of nitrogens with one attached hydrogen (secondary N) is 1. The van der Waals surface area contributed by atoms with Crippen molar-refractivity contribution in [3.63, 3.8) is 0 Å². The fourth-order valence-corrected chi connectivity index (χ4v) is 2.78. The van der Waals surface area contributed by atoms with Crippen LogP contribution in [0.2, 0.25) is 0 Å². The van der Waals surface area contributed by atoms with Crippen LogP contribution in [-0.2, 0) is 16.5 Å². The highest BCUT2D eigenvalue weighted by Crippen LogP contribution is 2.23. The van der Waals surface area contributed by atoms with E-state index in [4.69, 9.17) is 9.47 Å². The van der Waals surface area contributed by atoms with Crippen LogP contribution in [-0.4, -0.2) is 48.7 Å². The maximum absolute atomic E-state index is 12.8. The van der Waals surface area contributed by atoms with Gasteiger partial charge in [-0.2, -0.15) is 0 Å². The predicted molar refractivity (Wildman–Crippen MR) is 93.7 cm³/mol. The van der Waals surface area contributed by atoms with Gasteiger partial charge in [0.25, 0.3) is 0 Å². The first-order chi connectivity index (χ1) is 11.4.